The van der Waals surface area contributed by atoms with Gasteiger partial charge in [-0.1, -0.05) is 5.57 Å². The van der Waals surface area contributed by atoms with Crippen LogP contribution in [-0.2, 0) is 9.53 Å². The van der Waals surface area contributed by atoms with E-state index < -0.39 is 5.41 Å². The molecular formula is C12H22O5. The molecular weight excluding hydrogens is 224 g/mol. The highest BCUT2D eigenvalue weighted by molar-refractivity contribution is 5.88. The highest BCUT2D eigenvalue weighted by Gasteiger charge is 2.27. The van der Waals surface area contributed by atoms with Crippen LogP contribution in [-0.4, -0.2) is 48.2 Å². The third-order valence-corrected chi connectivity index (χ3v) is 3.17. The number of aliphatic hydroxyl groups is 3. The molecule has 0 aromatic rings. The summed E-state index contributed by atoms with van der Waals surface area (Å²) in [4.78, 5) is 11.3. The molecule has 0 bridgehead atoms. The smallest absolute Gasteiger partial charge is 0.333 e. The number of hydrogen-bond donors (Lipinski definition) is 3. The van der Waals surface area contributed by atoms with Gasteiger partial charge < -0.3 is 20.1 Å². The molecule has 3 N–H and O–H groups in total. The third kappa shape index (κ3) is 4.46. The number of rotatable bonds is 7. The zero-order valence-electron chi connectivity index (χ0n) is 10.7. The quantitative estimate of drug-likeness (QED) is 0.442. The molecule has 0 fully saturated rings. The van der Waals surface area contributed by atoms with E-state index >= 15 is 0 Å². The van der Waals surface area contributed by atoms with E-state index in [1.165, 1.54) is 7.11 Å². The third-order valence-electron chi connectivity index (χ3n) is 3.17. The van der Waals surface area contributed by atoms with Crippen LogP contribution in [0.3, 0.4) is 0 Å². The van der Waals surface area contributed by atoms with E-state index in [4.69, 9.17) is 15.3 Å². The maximum atomic E-state index is 11.3. The fourth-order valence-corrected chi connectivity index (χ4v) is 1.35. The van der Waals surface area contributed by atoms with Crippen LogP contribution in [0, 0.1) is 5.41 Å². The minimum atomic E-state index is -0.891. The number of carbonyl (C=O) groups is 1. The average Bonchev–Trinajstić information content (AvgIpc) is 2.38. The van der Waals surface area contributed by atoms with Gasteiger partial charge in [0.15, 0.2) is 0 Å². The van der Waals surface area contributed by atoms with Gasteiger partial charge in [0.2, 0.25) is 0 Å². The van der Waals surface area contributed by atoms with E-state index in [-0.39, 0.29) is 25.8 Å². The second-order valence-corrected chi connectivity index (χ2v) is 4.37. The summed E-state index contributed by atoms with van der Waals surface area (Å²) in [7, 11) is 1.32. The zero-order chi connectivity index (χ0) is 13.5. The fraction of sp³-hybridized carbons (Fsp3) is 0.750. The highest BCUT2D eigenvalue weighted by Crippen LogP contribution is 2.25. The van der Waals surface area contributed by atoms with Crippen LogP contribution in [0.5, 0.6) is 0 Å². The van der Waals surface area contributed by atoms with Crippen LogP contribution in [0.25, 0.3) is 0 Å². The lowest BCUT2D eigenvalue weighted by Gasteiger charge is -2.27. The first kappa shape index (κ1) is 16.1. The molecule has 0 heterocycles. The van der Waals surface area contributed by atoms with E-state index in [1.807, 2.05) is 0 Å². The van der Waals surface area contributed by atoms with Crippen LogP contribution in [0.2, 0.25) is 0 Å². The number of ether oxygens (including phenoxy) is 1. The van der Waals surface area contributed by atoms with Crippen LogP contribution in [0.1, 0.15) is 26.7 Å². The minimum Gasteiger partial charge on any atom is -0.466 e. The Morgan fingerprint density at radius 3 is 1.94 bits per heavy atom. The van der Waals surface area contributed by atoms with E-state index in [1.54, 1.807) is 13.8 Å². The van der Waals surface area contributed by atoms with Gasteiger partial charge in [0.1, 0.15) is 0 Å². The predicted octanol–water partition coefficient (Wildman–Crippen LogP) is 0.239. The second-order valence-electron chi connectivity index (χ2n) is 4.37. The molecule has 0 saturated heterocycles. The number of esters is 1. The van der Waals surface area contributed by atoms with Gasteiger partial charge in [-0.3, -0.25) is 0 Å². The lowest BCUT2D eigenvalue weighted by Crippen LogP contribution is -2.34. The molecule has 0 saturated carbocycles. The Balaban J connectivity index is 4.60. The number of carbonyl (C=O) groups excluding carboxylic acids is 1. The number of hydrogen-bond acceptors (Lipinski definition) is 5. The van der Waals surface area contributed by atoms with Crippen molar-refractivity contribution in [1.82, 2.24) is 0 Å². The van der Waals surface area contributed by atoms with Gasteiger partial charge in [-0.05, 0) is 26.7 Å². The van der Waals surface area contributed by atoms with Crippen molar-refractivity contribution in [3.8, 4) is 0 Å². The van der Waals surface area contributed by atoms with Crippen molar-refractivity contribution in [3.05, 3.63) is 11.1 Å². The number of methoxy groups -OCH3 is 1. The zero-order valence-corrected chi connectivity index (χ0v) is 10.7. The van der Waals surface area contributed by atoms with Crippen molar-refractivity contribution in [3.63, 3.8) is 0 Å². The number of allylic oxidation sites excluding steroid dienone is 1. The summed E-state index contributed by atoms with van der Waals surface area (Å²) in [6.07, 6.45) is 0.930. The summed E-state index contributed by atoms with van der Waals surface area (Å²) in [6, 6.07) is 0. The Morgan fingerprint density at radius 1 is 1.12 bits per heavy atom. The lowest BCUT2D eigenvalue weighted by molar-refractivity contribution is -0.136. The van der Waals surface area contributed by atoms with Gasteiger partial charge in [-0.2, -0.15) is 0 Å². The molecule has 5 nitrogen and oxygen atoms in total. The van der Waals surface area contributed by atoms with Crippen molar-refractivity contribution in [2.24, 2.45) is 5.41 Å². The Bertz CT molecular complexity index is 270. The molecule has 0 atom stereocenters. The minimum absolute atomic E-state index is 0.287. The Hall–Kier alpha value is -0.910. The first-order valence-electron chi connectivity index (χ1n) is 5.53. The number of aliphatic hydroxyl groups excluding tert-OH is 3. The summed E-state index contributed by atoms with van der Waals surface area (Å²) in [5.74, 6) is -0.384. The Labute approximate surface area is 102 Å². The molecule has 100 valence electrons. The van der Waals surface area contributed by atoms with Crippen molar-refractivity contribution >= 4 is 5.97 Å². The first-order valence-corrected chi connectivity index (χ1v) is 5.53. The standard InChI is InChI=1S/C12H22O5/c1-9(10(2)11(16)17-3)4-5-12(6-13,7-14)8-15/h13-15H,4-8H2,1-3H3. The van der Waals surface area contributed by atoms with Crippen LogP contribution >= 0.6 is 0 Å². The lowest BCUT2D eigenvalue weighted by atomic mass is 9.84. The molecule has 5 heteroatoms. The van der Waals surface area contributed by atoms with Crippen LogP contribution in [0.15, 0.2) is 11.1 Å². The molecule has 0 aliphatic heterocycles. The van der Waals surface area contributed by atoms with E-state index in [0.29, 0.717) is 18.4 Å². The molecule has 0 aliphatic carbocycles. The van der Waals surface area contributed by atoms with Gasteiger partial charge in [-0.25, -0.2) is 4.79 Å². The molecule has 17 heavy (non-hydrogen) atoms. The van der Waals surface area contributed by atoms with Gasteiger partial charge >= 0.3 is 5.97 Å². The van der Waals surface area contributed by atoms with Crippen molar-refractivity contribution in [1.29, 1.82) is 0 Å². The molecule has 0 unspecified atom stereocenters. The molecule has 0 rings (SSSR count). The summed E-state index contributed by atoms with van der Waals surface area (Å²) >= 11 is 0. The SMILES string of the molecule is COC(=O)C(C)=C(C)CCC(CO)(CO)CO. The molecule has 0 radical (unpaired) electrons. The van der Waals surface area contributed by atoms with Crippen molar-refractivity contribution in [2.75, 3.05) is 26.9 Å². The maximum Gasteiger partial charge on any atom is 0.333 e. The van der Waals surface area contributed by atoms with Crippen LogP contribution in [0.4, 0.5) is 0 Å². The Morgan fingerprint density at radius 2 is 1.59 bits per heavy atom. The van der Waals surface area contributed by atoms with E-state index in [9.17, 15) is 4.79 Å². The largest absolute Gasteiger partial charge is 0.466 e. The summed E-state index contributed by atoms with van der Waals surface area (Å²) in [5.41, 5.74) is 0.462. The molecule has 0 aromatic heterocycles. The first-order chi connectivity index (χ1) is 7.96. The fourth-order valence-electron chi connectivity index (χ4n) is 1.35. The topological polar surface area (TPSA) is 87.0 Å². The summed E-state index contributed by atoms with van der Waals surface area (Å²) in [5, 5.41) is 27.5. The highest BCUT2D eigenvalue weighted by atomic mass is 16.5. The van der Waals surface area contributed by atoms with Gasteiger partial charge in [0.05, 0.1) is 26.9 Å². The molecule has 0 aromatic carbocycles. The summed E-state index contributed by atoms with van der Waals surface area (Å²) < 4.78 is 4.60. The molecule has 0 aliphatic rings. The predicted molar refractivity (Wildman–Crippen MR) is 63.3 cm³/mol. The normalized spacial score (nSPS) is 13.3. The average molecular weight is 246 g/mol. The van der Waals surface area contributed by atoms with Crippen LogP contribution < -0.4 is 0 Å². The van der Waals surface area contributed by atoms with E-state index in [0.717, 1.165) is 5.57 Å². The van der Waals surface area contributed by atoms with Gasteiger partial charge in [0.25, 0.3) is 0 Å². The summed E-state index contributed by atoms with van der Waals surface area (Å²) in [6.45, 7) is 2.60. The maximum absolute atomic E-state index is 11.3. The van der Waals surface area contributed by atoms with Gasteiger partial charge in [-0.15, -0.1) is 0 Å². The second kappa shape index (κ2) is 7.42. The van der Waals surface area contributed by atoms with Gasteiger partial charge in [0, 0.05) is 11.0 Å². The van der Waals surface area contributed by atoms with Crippen molar-refractivity contribution < 1.29 is 24.9 Å². The monoisotopic (exact) mass is 246 g/mol. The molecule has 0 amide bonds. The van der Waals surface area contributed by atoms with Crippen molar-refractivity contribution in [2.45, 2.75) is 26.7 Å². The molecule has 0 spiro atoms. The van der Waals surface area contributed by atoms with E-state index in [2.05, 4.69) is 4.74 Å². The Kier molecular flexibility index (Phi) is 7.03.